The number of thiazole rings is 1. The highest BCUT2D eigenvalue weighted by Crippen LogP contribution is 2.34. The van der Waals surface area contributed by atoms with Crippen molar-refractivity contribution in [1.29, 1.82) is 0 Å². The van der Waals surface area contributed by atoms with Crippen molar-refractivity contribution in [2.75, 3.05) is 38.0 Å². The van der Waals surface area contributed by atoms with Crippen LogP contribution in [-0.4, -0.2) is 59.3 Å². The Kier molecular flexibility index (Phi) is 6.55. The highest BCUT2D eigenvalue weighted by molar-refractivity contribution is 9.10. The zero-order valence-corrected chi connectivity index (χ0v) is 20.9. The lowest BCUT2D eigenvalue weighted by atomic mass is 10.2. The van der Waals surface area contributed by atoms with Crippen molar-refractivity contribution in [2.45, 2.75) is 0 Å². The molecular weight excluding hydrogens is 520 g/mol. The van der Waals surface area contributed by atoms with Gasteiger partial charge in [-0.2, -0.15) is 0 Å². The highest BCUT2D eigenvalue weighted by Gasteiger charge is 2.24. The second-order valence-corrected chi connectivity index (χ2v) is 10.8. The van der Waals surface area contributed by atoms with Crippen molar-refractivity contribution in [3.05, 3.63) is 70.0 Å². The number of hydrogen-bond donors (Lipinski definition) is 1. The fraction of sp³-hybridized carbons (Fsp3) is 0.208. The summed E-state index contributed by atoms with van der Waals surface area (Å²) in [5.74, 6) is 0.00200. The van der Waals surface area contributed by atoms with Gasteiger partial charge in [0.25, 0.3) is 5.91 Å². The summed E-state index contributed by atoms with van der Waals surface area (Å²) in [5, 5.41) is 3.87. The Hall–Kier alpha value is -2.59. The second kappa shape index (κ2) is 9.72. The smallest absolute Gasteiger partial charge is 0.264 e. The number of fused-ring (bicyclic) bond motifs is 1. The molecule has 2 aromatic carbocycles. The molecule has 9 heteroatoms. The van der Waals surface area contributed by atoms with Crippen LogP contribution in [0, 0.1) is 0 Å². The average Bonchev–Trinajstić information content (AvgIpc) is 3.48. The first-order valence-corrected chi connectivity index (χ1v) is 13.0. The van der Waals surface area contributed by atoms with Crippen molar-refractivity contribution in [3.63, 3.8) is 0 Å². The summed E-state index contributed by atoms with van der Waals surface area (Å²) in [5.41, 5.74) is 1.76. The van der Waals surface area contributed by atoms with E-state index in [1.54, 1.807) is 11.3 Å². The zero-order chi connectivity index (χ0) is 22.8. The molecule has 0 spiro atoms. The SMILES string of the molecule is O=C(CN1CCN(C(=O)c2ccc(-c3nc4ccccc4s3)s2)CC1)Nc1ccc(Br)cc1. The van der Waals surface area contributed by atoms with Crippen LogP contribution in [0.1, 0.15) is 9.67 Å². The highest BCUT2D eigenvalue weighted by atomic mass is 79.9. The van der Waals surface area contributed by atoms with Crippen LogP contribution in [0.4, 0.5) is 5.69 Å². The predicted molar refractivity (Wildman–Crippen MR) is 138 cm³/mol. The Morgan fingerprint density at radius 1 is 0.939 bits per heavy atom. The summed E-state index contributed by atoms with van der Waals surface area (Å²) >= 11 is 6.53. The molecule has 3 heterocycles. The number of benzene rings is 2. The van der Waals surface area contributed by atoms with Crippen LogP contribution in [0.5, 0.6) is 0 Å². The summed E-state index contributed by atoms with van der Waals surface area (Å²) in [6, 6.07) is 19.5. The summed E-state index contributed by atoms with van der Waals surface area (Å²) < 4.78 is 2.12. The van der Waals surface area contributed by atoms with E-state index in [1.807, 2.05) is 59.5 Å². The van der Waals surface area contributed by atoms with Crippen molar-refractivity contribution >= 4 is 66.3 Å². The van der Waals surface area contributed by atoms with Gasteiger partial charge in [-0.25, -0.2) is 4.98 Å². The van der Waals surface area contributed by atoms with Gasteiger partial charge in [0, 0.05) is 36.3 Å². The number of halogens is 1. The van der Waals surface area contributed by atoms with Gasteiger partial charge in [-0.15, -0.1) is 22.7 Å². The predicted octanol–water partition coefficient (Wildman–Crippen LogP) is 5.18. The number of carbonyl (C=O) groups is 2. The number of hydrogen-bond acceptors (Lipinski definition) is 6. The molecular formula is C24H21BrN4O2S2. The van der Waals surface area contributed by atoms with E-state index < -0.39 is 0 Å². The normalized spacial score (nSPS) is 14.5. The number of piperazine rings is 1. The van der Waals surface area contributed by atoms with Gasteiger partial charge in [0.15, 0.2) is 0 Å². The first-order chi connectivity index (χ1) is 16.0. The molecule has 1 N–H and O–H groups in total. The van der Waals surface area contributed by atoms with Gasteiger partial charge in [0.1, 0.15) is 5.01 Å². The van der Waals surface area contributed by atoms with Crippen LogP contribution in [0.25, 0.3) is 20.1 Å². The number of nitrogens with zero attached hydrogens (tertiary/aromatic N) is 3. The number of rotatable bonds is 5. The molecule has 1 aliphatic heterocycles. The lowest BCUT2D eigenvalue weighted by Gasteiger charge is -2.34. The number of carbonyl (C=O) groups excluding carboxylic acids is 2. The molecule has 6 nitrogen and oxygen atoms in total. The number of aromatic nitrogens is 1. The van der Waals surface area contributed by atoms with Crippen LogP contribution < -0.4 is 5.32 Å². The van der Waals surface area contributed by atoms with Gasteiger partial charge >= 0.3 is 0 Å². The fourth-order valence-corrected chi connectivity index (χ4v) is 6.01. The van der Waals surface area contributed by atoms with Crippen LogP contribution >= 0.6 is 38.6 Å². The third kappa shape index (κ3) is 5.16. The standard InChI is InChI=1S/C24H21BrN4O2S2/c25-16-5-7-17(8-6-16)26-22(30)15-28-11-13-29(14-12-28)24(31)21-10-9-20(32-21)23-27-18-3-1-2-4-19(18)33-23/h1-10H,11-15H2,(H,26,30). The van der Waals surface area contributed by atoms with E-state index >= 15 is 0 Å². The number of thiophene rings is 1. The average molecular weight is 541 g/mol. The molecule has 5 rings (SSSR count). The molecule has 1 fully saturated rings. The van der Waals surface area contributed by atoms with Gasteiger partial charge in [0.05, 0.1) is 26.5 Å². The third-order valence-corrected chi connectivity index (χ3v) is 8.28. The molecule has 0 bridgehead atoms. The number of nitrogens with one attached hydrogen (secondary N) is 1. The molecule has 1 saturated heterocycles. The molecule has 0 saturated carbocycles. The molecule has 33 heavy (non-hydrogen) atoms. The van der Waals surface area contributed by atoms with E-state index in [9.17, 15) is 9.59 Å². The maximum Gasteiger partial charge on any atom is 0.264 e. The Morgan fingerprint density at radius 3 is 2.45 bits per heavy atom. The lowest BCUT2D eigenvalue weighted by molar-refractivity contribution is -0.117. The van der Waals surface area contributed by atoms with E-state index in [2.05, 4.69) is 32.2 Å². The van der Waals surface area contributed by atoms with E-state index in [-0.39, 0.29) is 11.8 Å². The molecule has 2 amide bonds. The first-order valence-electron chi connectivity index (χ1n) is 10.6. The van der Waals surface area contributed by atoms with Crippen molar-refractivity contribution in [1.82, 2.24) is 14.8 Å². The van der Waals surface area contributed by atoms with Crippen molar-refractivity contribution < 1.29 is 9.59 Å². The second-order valence-electron chi connectivity index (χ2n) is 7.77. The summed E-state index contributed by atoms with van der Waals surface area (Å²) in [6.45, 7) is 2.89. The maximum absolute atomic E-state index is 13.0. The van der Waals surface area contributed by atoms with Gasteiger partial charge in [-0.3, -0.25) is 14.5 Å². The Labute approximate surface area is 208 Å². The largest absolute Gasteiger partial charge is 0.335 e. The Balaban J connectivity index is 1.15. The van der Waals surface area contributed by atoms with E-state index in [0.29, 0.717) is 32.7 Å². The molecule has 0 radical (unpaired) electrons. The number of anilines is 1. The molecule has 0 atom stereocenters. The summed E-state index contributed by atoms with van der Waals surface area (Å²) in [6.07, 6.45) is 0. The van der Waals surface area contributed by atoms with Crippen LogP contribution in [0.3, 0.4) is 0 Å². The Morgan fingerprint density at radius 2 is 1.70 bits per heavy atom. The molecule has 0 aliphatic carbocycles. The molecule has 0 unspecified atom stereocenters. The number of amides is 2. The quantitative estimate of drug-likeness (QED) is 0.378. The monoisotopic (exact) mass is 540 g/mol. The van der Waals surface area contributed by atoms with Crippen LogP contribution in [-0.2, 0) is 4.79 Å². The summed E-state index contributed by atoms with van der Waals surface area (Å²) in [7, 11) is 0. The van der Waals surface area contributed by atoms with E-state index in [0.717, 1.165) is 35.1 Å². The maximum atomic E-state index is 13.0. The zero-order valence-electron chi connectivity index (χ0n) is 17.7. The third-order valence-electron chi connectivity index (χ3n) is 5.48. The minimum Gasteiger partial charge on any atom is -0.335 e. The Bertz CT molecular complexity index is 1260. The molecule has 4 aromatic rings. The van der Waals surface area contributed by atoms with Gasteiger partial charge in [-0.05, 0) is 48.5 Å². The topological polar surface area (TPSA) is 65.5 Å². The van der Waals surface area contributed by atoms with Crippen molar-refractivity contribution in [3.8, 4) is 9.88 Å². The number of para-hydroxylation sites is 1. The van der Waals surface area contributed by atoms with E-state index in [4.69, 9.17) is 4.98 Å². The first kappa shape index (κ1) is 22.2. The van der Waals surface area contributed by atoms with Crippen LogP contribution in [0.15, 0.2) is 65.1 Å². The van der Waals surface area contributed by atoms with Gasteiger partial charge < -0.3 is 10.2 Å². The van der Waals surface area contributed by atoms with Gasteiger partial charge in [0.2, 0.25) is 5.91 Å². The fourth-order valence-electron chi connectivity index (χ4n) is 3.75. The van der Waals surface area contributed by atoms with Crippen molar-refractivity contribution in [2.24, 2.45) is 0 Å². The molecule has 1 aliphatic rings. The minimum absolute atomic E-state index is 0.0455. The van der Waals surface area contributed by atoms with E-state index in [1.165, 1.54) is 11.3 Å². The van der Waals surface area contributed by atoms with Crippen LogP contribution in [0.2, 0.25) is 0 Å². The summed E-state index contributed by atoms with van der Waals surface area (Å²) in [4.78, 5) is 35.8. The minimum atomic E-state index is -0.0455. The lowest BCUT2D eigenvalue weighted by Crippen LogP contribution is -2.50. The molecule has 2 aromatic heterocycles. The van der Waals surface area contributed by atoms with Gasteiger partial charge in [-0.1, -0.05) is 28.1 Å². The molecule has 168 valence electrons.